The van der Waals surface area contributed by atoms with Gasteiger partial charge in [-0.2, -0.15) is 17.9 Å². The predicted octanol–water partition coefficient (Wildman–Crippen LogP) is 2.38. The Balaban J connectivity index is 2.46. The van der Waals surface area contributed by atoms with E-state index in [0.717, 1.165) is 4.68 Å². The van der Waals surface area contributed by atoms with Crippen LogP contribution in [0.4, 0.5) is 13.2 Å². The van der Waals surface area contributed by atoms with Gasteiger partial charge >= 0.3 is 6.18 Å². The van der Waals surface area contributed by atoms with Gasteiger partial charge in [-0.05, 0) is 6.07 Å². The summed E-state index contributed by atoms with van der Waals surface area (Å²) in [5.74, 6) is -0.105. The smallest absolute Gasteiger partial charge is 0.378 e. The molecule has 0 saturated carbocycles. The summed E-state index contributed by atoms with van der Waals surface area (Å²) in [7, 11) is 1.44. The van der Waals surface area contributed by atoms with Gasteiger partial charge in [0, 0.05) is 19.4 Å². The van der Waals surface area contributed by atoms with Gasteiger partial charge in [0.25, 0.3) is 5.56 Å². The summed E-state index contributed by atoms with van der Waals surface area (Å²) in [6.45, 7) is 0.153. The minimum Gasteiger partial charge on any atom is -0.378 e. The van der Waals surface area contributed by atoms with Gasteiger partial charge in [0.15, 0.2) is 5.82 Å². The van der Waals surface area contributed by atoms with Gasteiger partial charge in [0.2, 0.25) is 0 Å². The zero-order valence-electron chi connectivity index (χ0n) is 10.2. The zero-order chi connectivity index (χ0) is 14.9. The third-order valence-electron chi connectivity index (χ3n) is 2.43. The molecule has 0 spiro atoms. The van der Waals surface area contributed by atoms with Crippen molar-refractivity contribution in [1.29, 1.82) is 0 Å². The number of H-pyrrole nitrogens is 1. The van der Waals surface area contributed by atoms with Crippen molar-refractivity contribution in [2.75, 3.05) is 7.11 Å². The molecule has 0 atom stereocenters. The number of nitrogens with zero attached hydrogens (tertiary/aromatic N) is 2. The van der Waals surface area contributed by atoms with Crippen LogP contribution < -0.4 is 5.56 Å². The predicted molar refractivity (Wildman–Crippen MR) is 64.9 cm³/mol. The SMILES string of the molecule is COCc1cc(=O)n(-c2ncc(C(F)(F)F)cc2Cl)[nH]1. The van der Waals surface area contributed by atoms with Crippen LogP contribution in [-0.4, -0.2) is 21.9 Å². The molecule has 0 amide bonds. The highest BCUT2D eigenvalue weighted by atomic mass is 35.5. The Hall–Kier alpha value is -1.80. The molecule has 20 heavy (non-hydrogen) atoms. The highest BCUT2D eigenvalue weighted by Gasteiger charge is 2.31. The van der Waals surface area contributed by atoms with E-state index < -0.39 is 17.3 Å². The highest BCUT2D eigenvalue weighted by Crippen LogP contribution is 2.31. The van der Waals surface area contributed by atoms with E-state index in [2.05, 4.69) is 10.1 Å². The number of aromatic nitrogens is 3. The van der Waals surface area contributed by atoms with E-state index in [1.807, 2.05) is 0 Å². The minimum atomic E-state index is -4.54. The molecular formula is C11H9ClF3N3O2. The number of pyridine rings is 1. The third-order valence-corrected chi connectivity index (χ3v) is 2.71. The van der Waals surface area contributed by atoms with Crippen molar-refractivity contribution in [3.05, 3.63) is 45.0 Å². The van der Waals surface area contributed by atoms with Crippen LogP contribution in [0, 0.1) is 0 Å². The van der Waals surface area contributed by atoms with Crippen LogP contribution in [-0.2, 0) is 17.5 Å². The van der Waals surface area contributed by atoms with Crippen LogP contribution in [0.3, 0.4) is 0 Å². The Labute approximate surface area is 115 Å². The number of hydrogen-bond donors (Lipinski definition) is 1. The van der Waals surface area contributed by atoms with Gasteiger partial charge in [0.05, 0.1) is 22.9 Å². The van der Waals surface area contributed by atoms with Crippen LogP contribution in [0.1, 0.15) is 11.3 Å². The number of alkyl halides is 3. The van der Waals surface area contributed by atoms with Crippen LogP contribution in [0.5, 0.6) is 0 Å². The Bertz CT molecular complexity index is 678. The van der Waals surface area contributed by atoms with E-state index >= 15 is 0 Å². The van der Waals surface area contributed by atoms with Crippen LogP contribution in [0.15, 0.2) is 23.1 Å². The van der Waals surface area contributed by atoms with Gasteiger partial charge in [-0.15, -0.1) is 0 Å². The van der Waals surface area contributed by atoms with E-state index in [1.165, 1.54) is 13.2 Å². The fraction of sp³-hybridized carbons (Fsp3) is 0.273. The van der Waals surface area contributed by atoms with Crippen LogP contribution >= 0.6 is 11.6 Å². The molecule has 0 aromatic carbocycles. The van der Waals surface area contributed by atoms with Gasteiger partial charge in [-0.3, -0.25) is 9.89 Å². The van der Waals surface area contributed by atoms with Gasteiger partial charge < -0.3 is 4.74 Å². The molecule has 2 aromatic rings. The molecule has 0 aliphatic heterocycles. The maximum Gasteiger partial charge on any atom is 0.417 e. The second-order valence-corrected chi connectivity index (χ2v) is 4.32. The van der Waals surface area contributed by atoms with E-state index in [0.29, 0.717) is 18.0 Å². The molecule has 2 aromatic heterocycles. The summed E-state index contributed by atoms with van der Waals surface area (Å²) >= 11 is 5.75. The molecule has 0 aliphatic carbocycles. The molecule has 9 heteroatoms. The molecule has 0 radical (unpaired) electrons. The largest absolute Gasteiger partial charge is 0.417 e. The number of methoxy groups -OCH3 is 1. The molecule has 2 heterocycles. The van der Waals surface area contributed by atoms with Gasteiger partial charge in [-0.1, -0.05) is 11.6 Å². The molecule has 0 bridgehead atoms. The molecule has 5 nitrogen and oxygen atoms in total. The Kier molecular flexibility index (Phi) is 3.87. The maximum atomic E-state index is 12.5. The monoisotopic (exact) mass is 307 g/mol. The quantitative estimate of drug-likeness (QED) is 0.947. The Morgan fingerprint density at radius 2 is 2.15 bits per heavy atom. The average Bonchev–Trinajstić information content (AvgIpc) is 2.69. The molecule has 2 rings (SSSR count). The van der Waals surface area contributed by atoms with Crippen molar-refractivity contribution in [3.8, 4) is 5.82 Å². The second-order valence-electron chi connectivity index (χ2n) is 3.92. The van der Waals surface area contributed by atoms with E-state index in [1.54, 1.807) is 0 Å². The third kappa shape index (κ3) is 2.86. The minimum absolute atomic E-state index is 0.105. The summed E-state index contributed by atoms with van der Waals surface area (Å²) in [6.07, 6.45) is -3.93. The van der Waals surface area contributed by atoms with Crippen molar-refractivity contribution in [3.63, 3.8) is 0 Å². The highest BCUT2D eigenvalue weighted by molar-refractivity contribution is 6.32. The number of aromatic amines is 1. The second kappa shape index (κ2) is 5.29. The summed E-state index contributed by atoms with van der Waals surface area (Å²) in [5.41, 5.74) is -1.02. The van der Waals surface area contributed by atoms with Gasteiger partial charge in [0.1, 0.15) is 0 Å². The number of halogens is 4. The Morgan fingerprint density at radius 3 is 2.70 bits per heavy atom. The summed E-state index contributed by atoms with van der Waals surface area (Å²) in [5, 5.41) is 2.36. The molecule has 1 N–H and O–H groups in total. The average molecular weight is 308 g/mol. The summed E-state index contributed by atoms with van der Waals surface area (Å²) < 4.78 is 43.3. The standard InChI is InChI=1S/C11H9ClF3N3O2/c1-20-5-7-3-9(19)18(17-7)10-8(12)2-6(4-16-10)11(13,14)15/h2-4,17H,5H2,1H3. The fourth-order valence-electron chi connectivity index (χ4n) is 1.58. The lowest BCUT2D eigenvalue weighted by molar-refractivity contribution is -0.137. The number of rotatable bonds is 3. The summed E-state index contributed by atoms with van der Waals surface area (Å²) in [6, 6.07) is 1.96. The molecule has 0 saturated heterocycles. The van der Waals surface area contributed by atoms with Crippen molar-refractivity contribution in [2.24, 2.45) is 0 Å². The van der Waals surface area contributed by atoms with Crippen molar-refractivity contribution in [1.82, 2.24) is 14.8 Å². The van der Waals surface area contributed by atoms with E-state index in [9.17, 15) is 18.0 Å². The normalized spacial score (nSPS) is 11.8. The topological polar surface area (TPSA) is 59.9 Å². The first-order valence-electron chi connectivity index (χ1n) is 5.36. The number of hydrogen-bond acceptors (Lipinski definition) is 3. The first-order valence-corrected chi connectivity index (χ1v) is 5.73. The summed E-state index contributed by atoms with van der Waals surface area (Å²) in [4.78, 5) is 15.3. The van der Waals surface area contributed by atoms with E-state index in [-0.39, 0.29) is 17.4 Å². The fourth-order valence-corrected chi connectivity index (χ4v) is 1.83. The maximum absolute atomic E-state index is 12.5. The van der Waals surface area contributed by atoms with Crippen molar-refractivity contribution >= 4 is 11.6 Å². The first-order chi connectivity index (χ1) is 9.32. The molecule has 0 unspecified atom stereocenters. The molecular weight excluding hydrogens is 299 g/mol. The molecule has 108 valence electrons. The molecule has 0 aliphatic rings. The van der Waals surface area contributed by atoms with Crippen molar-refractivity contribution < 1.29 is 17.9 Å². The molecule has 0 fully saturated rings. The van der Waals surface area contributed by atoms with Crippen molar-refractivity contribution in [2.45, 2.75) is 12.8 Å². The number of nitrogens with one attached hydrogen (secondary N) is 1. The van der Waals surface area contributed by atoms with Crippen LogP contribution in [0.2, 0.25) is 5.02 Å². The lowest BCUT2D eigenvalue weighted by Crippen LogP contribution is -2.16. The lowest BCUT2D eigenvalue weighted by Gasteiger charge is -2.09. The lowest BCUT2D eigenvalue weighted by atomic mass is 10.3. The van der Waals surface area contributed by atoms with E-state index in [4.69, 9.17) is 16.3 Å². The number of ether oxygens (including phenoxy) is 1. The van der Waals surface area contributed by atoms with Gasteiger partial charge in [-0.25, -0.2) is 4.98 Å². The zero-order valence-corrected chi connectivity index (χ0v) is 10.9. The first kappa shape index (κ1) is 14.6. The Morgan fingerprint density at radius 1 is 1.45 bits per heavy atom. The van der Waals surface area contributed by atoms with Crippen LogP contribution in [0.25, 0.3) is 5.82 Å².